The molecule has 4 heteroatoms. The van der Waals surface area contributed by atoms with Crippen LogP contribution in [0.3, 0.4) is 0 Å². The minimum atomic E-state index is 0. The summed E-state index contributed by atoms with van der Waals surface area (Å²) in [5.41, 5.74) is 7.18. The molecule has 14 heavy (non-hydrogen) atoms. The minimum Gasteiger partial charge on any atom is -0.324 e. The van der Waals surface area contributed by atoms with Crippen molar-refractivity contribution in [3.63, 3.8) is 0 Å². The van der Waals surface area contributed by atoms with E-state index in [4.69, 9.17) is 5.73 Å². The van der Waals surface area contributed by atoms with E-state index in [1.54, 1.807) is 0 Å². The molecule has 0 aromatic carbocycles. The third kappa shape index (κ3) is 3.23. The van der Waals surface area contributed by atoms with Crippen LogP contribution >= 0.6 is 28.3 Å². The molecule has 2 N–H and O–H groups in total. The molecular formula is C10H14BrClN2. The summed E-state index contributed by atoms with van der Waals surface area (Å²) in [7, 11) is 0. The Hall–Kier alpha value is -0.120. The molecule has 1 aromatic heterocycles. The Morgan fingerprint density at radius 2 is 2.21 bits per heavy atom. The van der Waals surface area contributed by atoms with Crippen molar-refractivity contribution in [2.24, 2.45) is 11.7 Å². The number of hydrogen-bond acceptors (Lipinski definition) is 2. The molecule has 78 valence electrons. The lowest BCUT2D eigenvalue weighted by atomic mass is 10.0. The van der Waals surface area contributed by atoms with Gasteiger partial charge in [0.25, 0.3) is 0 Å². The van der Waals surface area contributed by atoms with Crippen molar-refractivity contribution in [1.82, 2.24) is 4.98 Å². The van der Waals surface area contributed by atoms with Crippen molar-refractivity contribution < 1.29 is 0 Å². The van der Waals surface area contributed by atoms with Crippen molar-refractivity contribution in [1.29, 1.82) is 0 Å². The van der Waals surface area contributed by atoms with Crippen LogP contribution in [-0.4, -0.2) is 4.98 Å². The molecular weight excluding hydrogens is 263 g/mol. The number of hydrogen-bond donors (Lipinski definition) is 1. The molecule has 0 radical (unpaired) electrons. The first-order chi connectivity index (χ1) is 6.25. The average Bonchev–Trinajstić information content (AvgIpc) is 2.89. The first kappa shape index (κ1) is 12.0. The molecule has 1 heterocycles. The molecule has 0 spiro atoms. The van der Waals surface area contributed by atoms with Crippen molar-refractivity contribution in [2.75, 3.05) is 0 Å². The maximum atomic E-state index is 6.03. The lowest BCUT2D eigenvalue weighted by molar-refractivity contribution is 0.595. The summed E-state index contributed by atoms with van der Waals surface area (Å²) in [6.07, 6.45) is 5.69. The highest BCUT2D eigenvalue weighted by Gasteiger charge is 2.24. The van der Waals surface area contributed by atoms with Crippen LogP contribution in [0.1, 0.15) is 30.9 Å². The number of rotatable bonds is 3. The van der Waals surface area contributed by atoms with Gasteiger partial charge in [-0.3, -0.25) is 0 Å². The molecule has 0 unspecified atom stereocenters. The molecule has 1 aliphatic carbocycles. The molecule has 2 rings (SSSR count). The quantitative estimate of drug-likeness (QED) is 0.863. The van der Waals surface area contributed by atoms with Crippen molar-refractivity contribution in [3.05, 3.63) is 28.5 Å². The fourth-order valence-electron chi connectivity index (χ4n) is 1.46. The van der Waals surface area contributed by atoms with Gasteiger partial charge in [0.05, 0.1) is 0 Å². The normalized spacial score (nSPS) is 17.3. The van der Waals surface area contributed by atoms with Gasteiger partial charge in [-0.15, -0.1) is 12.4 Å². The van der Waals surface area contributed by atoms with Gasteiger partial charge in [-0.2, -0.15) is 0 Å². The molecule has 1 saturated carbocycles. The fraction of sp³-hybridized carbons (Fsp3) is 0.500. The van der Waals surface area contributed by atoms with Crippen LogP contribution in [0.25, 0.3) is 0 Å². The molecule has 0 saturated heterocycles. The molecule has 1 aromatic rings. The molecule has 0 amide bonds. The van der Waals surface area contributed by atoms with E-state index in [1.807, 2.05) is 18.3 Å². The summed E-state index contributed by atoms with van der Waals surface area (Å²) < 4.78 is 0.870. The SMILES string of the molecule is Cl.N[C@@H](CC1CC1)c1ccc(Br)nc1. The second-order valence-electron chi connectivity index (χ2n) is 3.70. The Balaban J connectivity index is 0.000000980. The van der Waals surface area contributed by atoms with Crippen molar-refractivity contribution >= 4 is 28.3 Å². The summed E-state index contributed by atoms with van der Waals surface area (Å²) >= 11 is 3.31. The second kappa shape index (κ2) is 5.10. The highest BCUT2D eigenvalue weighted by atomic mass is 79.9. The van der Waals surface area contributed by atoms with E-state index in [1.165, 1.54) is 12.8 Å². The van der Waals surface area contributed by atoms with Crippen molar-refractivity contribution in [3.8, 4) is 0 Å². The van der Waals surface area contributed by atoms with Gasteiger partial charge in [0, 0.05) is 12.2 Å². The number of halogens is 2. The largest absolute Gasteiger partial charge is 0.324 e. The minimum absolute atomic E-state index is 0. The molecule has 0 aliphatic heterocycles. The van der Waals surface area contributed by atoms with Gasteiger partial charge in [-0.05, 0) is 39.9 Å². The molecule has 1 fully saturated rings. The highest BCUT2D eigenvalue weighted by Crippen LogP contribution is 2.36. The highest BCUT2D eigenvalue weighted by molar-refractivity contribution is 9.10. The van der Waals surface area contributed by atoms with E-state index in [9.17, 15) is 0 Å². The zero-order valence-corrected chi connectivity index (χ0v) is 10.2. The van der Waals surface area contributed by atoms with E-state index in [0.29, 0.717) is 0 Å². The fourth-order valence-corrected chi connectivity index (χ4v) is 1.69. The Morgan fingerprint density at radius 1 is 1.50 bits per heavy atom. The Kier molecular flexibility index (Phi) is 4.35. The maximum absolute atomic E-state index is 6.03. The summed E-state index contributed by atoms with van der Waals surface area (Å²) in [5.74, 6) is 0.874. The first-order valence-corrected chi connectivity index (χ1v) is 5.42. The molecule has 0 bridgehead atoms. The van der Waals surface area contributed by atoms with Crippen LogP contribution in [-0.2, 0) is 0 Å². The van der Waals surface area contributed by atoms with Gasteiger partial charge in [0.2, 0.25) is 0 Å². The smallest absolute Gasteiger partial charge is 0.106 e. The van der Waals surface area contributed by atoms with Crippen molar-refractivity contribution in [2.45, 2.75) is 25.3 Å². The Morgan fingerprint density at radius 3 is 2.71 bits per heavy atom. The van der Waals surface area contributed by atoms with E-state index in [2.05, 4.69) is 20.9 Å². The molecule has 1 atom stereocenters. The molecule has 2 nitrogen and oxygen atoms in total. The van der Waals surface area contributed by atoms with Crippen LogP contribution < -0.4 is 5.73 Å². The van der Waals surface area contributed by atoms with Gasteiger partial charge in [0.15, 0.2) is 0 Å². The summed E-state index contributed by atoms with van der Waals surface area (Å²) in [5, 5.41) is 0. The summed E-state index contributed by atoms with van der Waals surface area (Å²) in [6, 6.07) is 4.17. The number of nitrogens with two attached hydrogens (primary N) is 1. The lowest BCUT2D eigenvalue weighted by Crippen LogP contribution is -2.11. The third-order valence-electron chi connectivity index (χ3n) is 2.46. The second-order valence-corrected chi connectivity index (χ2v) is 4.51. The predicted molar refractivity (Wildman–Crippen MR) is 63.5 cm³/mol. The monoisotopic (exact) mass is 276 g/mol. The lowest BCUT2D eigenvalue weighted by Gasteiger charge is -2.10. The van der Waals surface area contributed by atoms with E-state index in [0.717, 1.165) is 22.5 Å². The third-order valence-corrected chi connectivity index (χ3v) is 2.93. The van der Waals surface area contributed by atoms with Gasteiger partial charge < -0.3 is 5.73 Å². The maximum Gasteiger partial charge on any atom is 0.106 e. The first-order valence-electron chi connectivity index (χ1n) is 4.63. The topological polar surface area (TPSA) is 38.9 Å². The standard InChI is InChI=1S/C10H13BrN2.ClH/c11-10-4-3-8(6-13-10)9(12)5-7-1-2-7;/h3-4,6-7,9H,1-2,5,12H2;1H/t9-;/m0./s1. The summed E-state index contributed by atoms with van der Waals surface area (Å²) in [4.78, 5) is 4.16. The number of nitrogens with zero attached hydrogens (tertiary/aromatic N) is 1. The Labute approximate surface area is 98.8 Å². The van der Waals surface area contributed by atoms with Gasteiger partial charge in [-0.25, -0.2) is 4.98 Å². The summed E-state index contributed by atoms with van der Waals surface area (Å²) in [6.45, 7) is 0. The van der Waals surface area contributed by atoms with E-state index < -0.39 is 0 Å². The van der Waals surface area contributed by atoms with E-state index >= 15 is 0 Å². The van der Waals surface area contributed by atoms with Crippen LogP contribution in [0, 0.1) is 5.92 Å². The van der Waals surface area contributed by atoms with Crippen LogP contribution in [0.2, 0.25) is 0 Å². The Bertz CT molecular complexity index is 285. The van der Waals surface area contributed by atoms with Gasteiger partial charge in [0.1, 0.15) is 4.60 Å². The number of aromatic nitrogens is 1. The van der Waals surface area contributed by atoms with Crippen LogP contribution in [0.5, 0.6) is 0 Å². The van der Waals surface area contributed by atoms with Gasteiger partial charge in [-0.1, -0.05) is 18.9 Å². The number of pyridine rings is 1. The van der Waals surface area contributed by atoms with Crippen LogP contribution in [0.4, 0.5) is 0 Å². The zero-order valence-electron chi connectivity index (χ0n) is 7.82. The molecule has 1 aliphatic rings. The zero-order chi connectivity index (χ0) is 9.26. The average molecular weight is 278 g/mol. The van der Waals surface area contributed by atoms with Crippen LogP contribution in [0.15, 0.2) is 22.9 Å². The van der Waals surface area contributed by atoms with Gasteiger partial charge >= 0.3 is 0 Å². The predicted octanol–water partition coefficient (Wildman–Crippen LogP) is 3.07. The van der Waals surface area contributed by atoms with E-state index in [-0.39, 0.29) is 18.4 Å².